The molecule has 1 aliphatic heterocycles. The van der Waals surface area contributed by atoms with Crippen LogP contribution in [0.15, 0.2) is 30.5 Å². The molecule has 3 amide bonds. The number of amides is 3. The van der Waals surface area contributed by atoms with Gasteiger partial charge in [0, 0.05) is 29.9 Å². The maximum absolute atomic E-state index is 12.2. The van der Waals surface area contributed by atoms with Gasteiger partial charge >= 0.3 is 0 Å². The summed E-state index contributed by atoms with van der Waals surface area (Å²) >= 11 is 0. The zero-order valence-electron chi connectivity index (χ0n) is 12.5. The van der Waals surface area contributed by atoms with Crippen molar-refractivity contribution in [3.05, 3.63) is 36.0 Å². The smallest absolute Gasteiger partial charge is 0.243 e. The van der Waals surface area contributed by atoms with E-state index in [1.165, 1.54) is 0 Å². The molecule has 1 saturated heterocycles. The number of hydrogen-bond acceptors (Lipinski definition) is 3. The first-order chi connectivity index (χ1) is 11.0. The highest BCUT2D eigenvalue weighted by molar-refractivity contribution is 5.94. The molecule has 1 aromatic carbocycles. The third-order valence-corrected chi connectivity index (χ3v) is 4.07. The molecule has 0 unspecified atom stereocenters. The molecule has 23 heavy (non-hydrogen) atoms. The SMILES string of the molecule is NC(=O)[C@@H](Cc1c[nH]c2ccccc12)NC(=O)[C@@H]1CCC(=O)N1. The number of aromatic amines is 1. The number of benzene rings is 1. The van der Waals surface area contributed by atoms with E-state index in [-0.39, 0.29) is 11.8 Å². The summed E-state index contributed by atoms with van der Waals surface area (Å²) in [5.74, 6) is -1.13. The second-order valence-corrected chi connectivity index (χ2v) is 5.69. The first-order valence-corrected chi connectivity index (χ1v) is 7.48. The van der Waals surface area contributed by atoms with Gasteiger partial charge in [-0.2, -0.15) is 0 Å². The fraction of sp³-hybridized carbons (Fsp3) is 0.312. The Bertz CT molecular complexity index is 768. The summed E-state index contributed by atoms with van der Waals surface area (Å²) in [6.45, 7) is 0. The lowest BCUT2D eigenvalue weighted by Crippen LogP contribution is -2.51. The van der Waals surface area contributed by atoms with Crippen molar-refractivity contribution in [3.8, 4) is 0 Å². The normalized spacial score (nSPS) is 18.6. The van der Waals surface area contributed by atoms with E-state index in [4.69, 9.17) is 5.73 Å². The van der Waals surface area contributed by atoms with E-state index in [2.05, 4.69) is 15.6 Å². The van der Waals surface area contributed by atoms with Gasteiger partial charge in [-0.05, 0) is 18.1 Å². The number of fused-ring (bicyclic) bond motifs is 1. The van der Waals surface area contributed by atoms with Gasteiger partial charge in [0.2, 0.25) is 17.7 Å². The van der Waals surface area contributed by atoms with Crippen molar-refractivity contribution in [1.29, 1.82) is 0 Å². The van der Waals surface area contributed by atoms with Gasteiger partial charge in [-0.25, -0.2) is 0 Å². The summed E-state index contributed by atoms with van der Waals surface area (Å²) in [5, 5.41) is 6.21. The van der Waals surface area contributed by atoms with Gasteiger partial charge in [0.25, 0.3) is 0 Å². The predicted octanol–water partition coefficient (Wildman–Crippen LogP) is -0.0409. The fourth-order valence-corrected chi connectivity index (χ4v) is 2.83. The van der Waals surface area contributed by atoms with Crippen molar-refractivity contribution in [2.75, 3.05) is 0 Å². The first-order valence-electron chi connectivity index (χ1n) is 7.48. The topological polar surface area (TPSA) is 117 Å². The van der Waals surface area contributed by atoms with Gasteiger partial charge in [0.1, 0.15) is 12.1 Å². The lowest BCUT2D eigenvalue weighted by Gasteiger charge is -2.18. The monoisotopic (exact) mass is 314 g/mol. The molecule has 5 N–H and O–H groups in total. The Morgan fingerprint density at radius 1 is 1.35 bits per heavy atom. The molecule has 2 aromatic rings. The van der Waals surface area contributed by atoms with E-state index in [0.717, 1.165) is 16.5 Å². The molecule has 1 aromatic heterocycles. The summed E-state index contributed by atoms with van der Waals surface area (Å²) in [7, 11) is 0. The molecular formula is C16H18N4O3. The van der Waals surface area contributed by atoms with E-state index < -0.39 is 18.0 Å². The van der Waals surface area contributed by atoms with Crippen molar-refractivity contribution >= 4 is 28.6 Å². The van der Waals surface area contributed by atoms with E-state index in [9.17, 15) is 14.4 Å². The van der Waals surface area contributed by atoms with Crippen molar-refractivity contribution in [3.63, 3.8) is 0 Å². The molecule has 1 fully saturated rings. The highest BCUT2D eigenvalue weighted by atomic mass is 16.2. The largest absolute Gasteiger partial charge is 0.368 e. The summed E-state index contributed by atoms with van der Waals surface area (Å²) in [6.07, 6.45) is 2.86. The Balaban J connectivity index is 1.73. The predicted molar refractivity (Wildman–Crippen MR) is 84.3 cm³/mol. The fourth-order valence-electron chi connectivity index (χ4n) is 2.83. The van der Waals surface area contributed by atoms with E-state index in [1.54, 1.807) is 0 Å². The van der Waals surface area contributed by atoms with Gasteiger partial charge in [-0.3, -0.25) is 14.4 Å². The maximum atomic E-state index is 12.2. The number of nitrogens with two attached hydrogens (primary N) is 1. The average molecular weight is 314 g/mol. The molecule has 7 heteroatoms. The van der Waals surface area contributed by atoms with Crippen LogP contribution in [0.3, 0.4) is 0 Å². The lowest BCUT2D eigenvalue weighted by molar-refractivity contribution is -0.129. The summed E-state index contributed by atoms with van der Waals surface area (Å²) in [4.78, 5) is 38.2. The van der Waals surface area contributed by atoms with Crippen LogP contribution in [0, 0.1) is 0 Å². The van der Waals surface area contributed by atoms with Crippen LogP contribution in [0.4, 0.5) is 0 Å². The van der Waals surface area contributed by atoms with Crippen molar-refractivity contribution in [2.24, 2.45) is 5.73 Å². The van der Waals surface area contributed by atoms with Gasteiger partial charge in [0.15, 0.2) is 0 Å². The first kappa shape index (κ1) is 15.1. The van der Waals surface area contributed by atoms with Crippen LogP contribution in [0.5, 0.6) is 0 Å². The highest BCUT2D eigenvalue weighted by Crippen LogP contribution is 2.19. The molecule has 1 aliphatic rings. The summed E-state index contributed by atoms with van der Waals surface area (Å²) < 4.78 is 0. The van der Waals surface area contributed by atoms with Gasteiger partial charge < -0.3 is 21.4 Å². The summed E-state index contributed by atoms with van der Waals surface area (Å²) in [6, 6.07) is 6.29. The van der Waals surface area contributed by atoms with Crippen LogP contribution in [-0.2, 0) is 20.8 Å². The minimum Gasteiger partial charge on any atom is -0.368 e. The van der Waals surface area contributed by atoms with Crippen LogP contribution in [-0.4, -0.2) is 34.8 Å². The molecule has 120 valence electrons. The van der Waals surface area contributed by atoms with Crippen molar-refractivity contribution in [2.45, 2.75) is 31.3 Å². The minimum atomic E-state index is -0.820. The second-order valence-electron chi connectivity index (χ2n) is 5.69. The van der Waals surface area contributed by atoms with E-state index in [0.29, 0.717) is 19.3 Å². The van der Waals surface area contributed by atoms with Crippen molar-refractivity contribution in [1.82, 2.24) is 15.6 Å². The summed E-state index contributed by atoms with van der Waals surface area (Å²) in [5.41, 5.74) is 7.28. The number of H-pyrrole nitrogens is 1. The Labute approximate surface area is 132 Å². The molecule has 0 saturated carbocycles. The second kappa shape index (κ2) is 6.12. The van der Waals surface area contributed by atoms with Crippen molar-refractivity contribution < 1.29 is 14.4 Å². The quantitative estimate of drug-likeness (QED) is 0.620. The van der Waals surface area contributed by atoms with E-state index in [1.807, 2.05) is 30.5 Å². The number of primary amides is 1. The van der Waals surface area contributed by atoms with Crippen LogP contribution in [0.2, 0.25) is 0 Å². The van der Waals surface area contributed by atoms with Crippen LogP contribution >= 0.6 is 0 Å². The molecule has 0 spiro atoms. The van der Waals surface area contributed by atoms with E-state index >= 15 is 0 Å². The molecule has 2 atom stereocenters. The molecule has 0 aliphatic carbocycles. The Kier molecular flexibility index (Phi) is 4.01. The third-order valence-electron chi connectivity index (χ3n) is 4.07. The number of nitrogens with one attached hydrogen (secondary N) is 3. The lowest BCUT2D eigenvalue weighted by atomic mass is 10.0. The minimum absolute atomic E-state index is 0.155. The molecular weight excluding hydrogens is 296 g/mol. The number of para-hydroxylation sites is 1. The standard InChI is InChI=1S/C16H18N4O3/c17-15(22)13(20-16(23)12-5-6-14(21)19-12)7-9-8-18-11-4-2-1-3-10(9)11/h1-4,8,12-13,18H,5-7H2,(H2,17,22)(H,19,21)(H,20,23)/t12-,13+/m0/s1. The third kappa shape index (κ3) is 3.18. The number of aromatic nitrogens is 1. The highest BCUT2D eigenvalue weighted by Gasteiger charge is 2.30. The molecule has 0 radical (unpaired) electrons. The van der Waals surface area contributed by atoms with Crippen LogP contribution in [0.1, 0.15) is 18.4 Å². The number of rotatable bonds is 5. The zero-order chi connectivity index (χ0) is 16.4. The number of carbonyl (C=O) groups is 3. The average Bonchev–Trinajstić information content (AvgIpc) is 3.13. The van der Waals surface area contributed by atoms with Gasteiger partial charge in [-0.1, -0.05) is 18.2 Å². The number of carbonyl (C=O) groups excluding carboxylic acids is 3. The van der Waals surface area contributed by atoms with Crippen LogP contribution < -0.4 is 16.4 Å². The van der Waals surface area contributed by atoms with Crippen LogP contribution in [0.25, 0.3) is 10.9 Å². The maximum Gasteiger partial charge on any atom is 0.243 e. The molecule has 3 rings (SSSR count). The van der Waals surface area contributed by atoms with Gasteiger partial charge in [-0.15, -0.1) is 0 Å². The molecule has 2 heterocycles. The molecule has 7 nitrogen and oxygen atoms in total. The Morgan fingerprint density at radius 3 is 2.83 bits per heavy atom. The zero-order valence-corrected chi connectivity index (χ0v) is 12.5. The van der Waals surface area contributed by atoms with Gasteiger partial charge in [0.05, 0.1) is 0 Å². The Morgan fingerprint density at radius 2 is 2.13 bits per heavy atom. The Hall–Kier alpha value is -2.83. The number of hydrogen-bond donors (Lipinski definition) is 4. The molecule has 0 bridgehead atoms.